The van der Waals surface area contributed by atoms with Crippen molar-refractivity contribution in [3.05, 3.63) is 22.8 Å². The molecule has 1 fully saturated rings. The van der Waals surface area contributed by atoms with Gasteiger partial charge in [0.05, 0.1) is 4.90 Å². The largest absolute Gasteiger partial charge is 0.398 e. The lowest BCUT2D eigenvalue weighted by molar-refractivity contribution is 0.395. The van der Waals surface area contributed by atoms with Gasteiger partial charge in [0.25, 0.3) is 0 Å². The molecule has 118 valence electrons. The third kappa shape index (κ3) is 3.09. The molecule has 0 aromatic heterocycles. The van der Waals surface area contributed by atoms with Gasteiger partial charge in [-0.1, -0.05) is 13.3 Å². The van der Waals surface area contributed by atoms with Crippen molar-refractivity contribution in [2.24, 2.45) is 0 Å². The summed E-state index contributed by atoms with van der Waals surface area (Å²) in [6.45, 7) is 8.28. The second kappa shape index (κ2) is 5.97. The fourth-order valence-corrected chi connectivity index (χ4v) is 4.98. The van der Waals surface area contributed by atoms with E-state index in [9.17, 15) is 8.42 Å². The van der Waals surface area contributed by atoms with E-state index in [1.807, 2.05) is 19.9 Å². The first kappa shape index (κ1) is 16.3. The molecule has 1 aromatic carbocycles. The van der Waals surface area contributed by atoms with Gasteiger partial charge < -0.3 is 5.73 Å². The molecule has 0 aliphatic heterocycles. The highest BCUT2D eigenvalue weighted by molar-refractivity contribution is 7.89. The van der Waals surface area contributed by atoms with Gasteiger partial charge in [-0.05, 0) is 62.8 Å². The Labute approximate surface area is 128 Å². The topological polar surface area (TPSA) is 63.4 Å². The SMILES string of the molecule is CCCCN(C1CC1)S(=O)(=O)c1c(C)c(C)cc(N)c1C. The van der Waals surface area contributed by atoms with E-state index in [1.54, 1.807) is 11.2 Å². The zero-order valence-electron chi connectivity index (χ0n) is 13.4. The summed E-state index contributed by atoms with van der Waals surface area (Å²) >= 11 is 0. The molecule has 2 rings (SSSR count). The van der Waals surface area contributed by atoms with E-state index in [1.165, 1.54) is 0 Å². The Kier molecular flexibility index (Phi) is 4.63. The molecule has 0 saturated heterocycles. The molecular weight excluding hydrogens is 284 g/mol. The number of benzene rings is 1. The van der Waals surface area contributed by atoms with Crippen molar-refractivity contribution in [2.75, 3.05) is 12.3 Å². The first-order chi connectivity index (χ1) is 9.80. The van der Waals surface area contributed by atoms with Crippen molar-refractivity contribution >= 4 is 15.7 Å². The molecule has 4 nitrogen and oxygen atoms in total. The number of nitrogens with two attached hydrogens (primary N) is 1. The van der Waals surface area contributed by atoms with E-state index in [0.717, 1.165) is 36.8 Å². The highest BCUT2D eigenvalue weighted by Gasteiger charge is 2.39. The van der Waals surface area contributed by atoms with Crippen LogP contribution >= 0.6 is 0 Å². The van der Waals surface area contributed by atoms with Crippen LogP contribution in [0.2, 0.25) is 0 Å². The Morgan fingerprint density at radius 1 is 1.24 bits per heavy atom. The van der Waals surface area contributed by atoms with E-state index in [4.69, 9.17) is 5.73 Å². The molecule has 1 aromatic rings. The third-order valence-corrected chi connectivity index (χ3v) is 6.56. The normalized spacial score (nSPS) is 15.7. The van der Waals surface area contributed by atoms with Gasteiger partial charge in [-0.3, -0.25) is 0 Å². The number of anilines is 1. The summed E-state index contributed by atoms with van der Waals surface area (Å²) in [5, 5.41) is 0. The minimum atomic E-state index is -3.46. The van der Waals surface area contributed by atoms with Gasteiger partial charge in [-0.25, -0.2) is 8.42 Å². The summed E-state index contributed by atoms with van der Waals surface area (Å²) in [5.74, 6) is 0. The molecule has 0 amide bonds. The highest BCUT2D eigenvalue weighted by Crippen LogP contribution is 2.36. The van der Waals surface area contributed by atoms with Crippen LogP contribution in [0.15, 0.2) is 11.0 Å². The van der Waals surface area contributed by atoms with Crippen molar-refractivity contribution in [1.82, 2.24) is 4.31 Å². The molecule has 0 unspecified atom stereocenters. The summed E-state index contributed by atoms with van der Waals surface area (Å²) in [4.78, 5) is 0.419. The van der Waals surface area contributed by atoms with Crippen LogP contribution in [0, 0.1) is 20.8 Å². The van der Waals surface area contributed by atoms with E-state index < -0.39 is 10.0 Å². The smallest absolute Gasteiger partial charge is 0.243 e. The van der Waals surface area contributed by atoms with Crippen LogP contribution in [0.25, 0.3) is 0 Å². The Bertz CT molecular complexity index is 608. The minimum Gasteiger partial charge on any atom is -0.398 e. The lowest BCUT2D eigenvalue weighted by atomic mass is 10.1. The average Bonchev–Trinajstić information content (AvgIpc) is 3.21. The van der Waals surface area contributed by atoms with Gasteiger partial charge in [0.15, 0.2) is 0 Å². The van der Waals surface area contributed by atoms with Gasteiger partial charge in [0.2, 0.25) is 10.0 Å². The Morgan fingerprint density at radius 3 is 2.38 bits per heavy atom. The summed E-state index contributed by atoms with van der Waals surface area (Å²) in [5.41, 5.74) is 8.99. The van der Waals surface area contributed by atoms with E-state index in [-0.39, 0.29) is 6.04 Å². The fourth-order valence-electron chi connectivity index (χ4n) is 2.72. The average molecular weight is 310 g/mol. The van der Waals surface area contributed by atoms with Crippen LogP contribution in [0.3, 0.4) is 0 Å². The lowest BCUT2D eigenvalue weighted by Gasteiger charge is -2.25. The number of hydrogen-bond donors (Lipinski definition) is 1. The molecule has 0 atom stereocenters. The van der Waals surface area contributed by atoms with Crippen molar-refractivity contribution in [3.8, 4) is 0 Å². The fraction of sp³-hybridized carbons (Fsp3) is 0.625. The number of sulfonamides is 1. The Morgan fingerprint density at radius 2 is 1.86 bits per heavy atom. The molecule has 0 spiro atoms. The maximum Gasteiger partial charge on any atom is 0.243 e. The first-order valence-corrected chi connectivity index (χ1v) is 9.12. The summed E-state index contributed by atoms with van der Waals surface area (Å²) < 4.78 is 28.0. The van der Waals surface area contributed by atoms with Crippen LogP contribution in [0.1, 0.15) is 49.3 Å². The summed E-state index contributed by atoms with van der Waals surface area (Å²) in [6.07, 6.45) is 3.84. The van der Waals surface area contributed by atoms with Crippen molar-refractivity contribution in [1.29, 1.82) is 0 Å². The Hall–Kier alpha value is -1.07. The summed E-state index contributed by atoms with van der Waals surface area (Å²) in [7, 11) is -3.46. The third-order valence-electron chi connectivity index (χ3n) is 4.33. The van der Waals surface area contributed by atoms with Gasteiger partial charge in [0.1, 0.15) is 0 Å². The van der Waals surface area contributed by atoms with Crippen molar-refractivity contribution < 1.29 is 8.42 Å². The van der Waals surface area contributed by atoms with Gasteiger partial charge in [0, 0.05) is 18.3 Å². The Balaban J connectivity index is 2.52. The van der Waals surface area contributed by atoms with Crippen molar-refractivity contribution in [2.45, 2.75) is 64.3 Å². The molecule has 21 heavy (non-hydrogen) atoms. The zero-order valence-corrected chi connectivity index (χ0v) is 14.3. The van der Waals surface area contributed by atoms with Gasteiger partial charge in [-0.2, -0.15) is 4.31 Å². The van der Waals surface area contributed by atoms with Crippen LogP contribution in [0.4, 0.5) is 5.69 Å². The molecule has 0 bridgehead atoms. The standard InChI is InChI=1S/C16H26N2O2S/c1-5-6-9-18(14-7-8-14)21(19,20)16-12(3)11(2)10-15(17)13(16)4/h10,14H,5-9,17H2,1-4H3. The first-order valence-electron chi connectivity index (χ1n) is 7.68. The second-order valence-electron chi connectivity index (χ2n) is 6.06. The van der Waals surface area contributed by atoms with Crippen LogP contribution in [-0.4, -0.2) is 25.3 Å². The quantitative estimate of drug-likeness (QED) is 0.821. The maximum absolute atomic E-state index is 13.1. The molecule has 0 radical (unpaired) electrons. The molecule has 1 aliphatic carbocycles. The van der Waals surface area contributed by atoms with Gasteiger partial charge in [-0.15, -0.1) is 0 Å². The number of nitrogen functional groups attached to an aromatic ring is 1. The monoisotopic (exact) mass is 310 g/mol. The molecule has 5 heteroatoms. The zero-order chi connectivity index (χ0) is 15.8. The molecule has 1 aliphatic rings. The van der Waals surface area contributed by atoms with E-state index >= 15 is 0 Å². The van der Waals surface area contributed by atoms with Crippen LogP contribution in [0.5, 0.6) is 0 Å². The van der Waals surface area contributed by atoms with Gasteiger partial charge >= 0.3 is 0 Å². The number of rotatable bonds is 6. The number of nitrogens with zero attached hydrogens (tertiary/aromatic N) is 1. The number of aryl methyl sites for hydroxylation is 1. The van der Waals surface area contributed by atoms with Crippen LogP contribution in [-0.2, 0) is 10.0 Å². The lowest BCUT2D eigenvalue weighted by Crippen LogP contribution is -2.35. The molecular formula is C16H26N2O2S. The van der Waals surface area contributed by atoms with Crippen LogP contribution < -0.4 is 5.73 Å². The highest BCUT2D eigenvalue weighted by atomic mass is 32.2. The molecule has 0 heterocycles. The molecule has 1 saturated carbocycles. The predicted octanol–water partition coefficient (Wildman–Crippen LogP) is 3.15. The minimum absolute atomic E-state index is 0.182. The van der Waals surface area contributed by atoms with E-state index in [2.05, 4.69) is 6.92 Å². The van der Waals surface area contributed by atoms with E-state index in [0.29, 0.717) is 22.7 Å². The number of hydrogen-bond acceptors (Lipinski definition) is 3. The summed E-state index contributed by atoms with van der Waals surface area (Å²) in [6, 6.07) is 2.04. The van der Waals surface area contributed by atoms with Crippen molar-refractivity contribution in [3.63, 3.8) is 0 Å². The predicted molar refractivity (Wildman–Crippen MR) is 86.9 cm³/mol. The second-order valence-corrected chi connectivity index (χ2v) is 7.89. The molecule has 2 N–H and O–H groups in total. The number of unbranched alkanes of at least 4 members (excludes halogenated alkanes) is 1. The maximum atomic E-state index is 13.1.